The fraction of sp³-hybridized carbons (Fsp3) is 0.433. The van der Waals surface area contributed by atoms with Crippen molar-refractivity contribution in [2.45, 2.75) is 52.6 Å². The number of aryl methyl sites for hydroxylation is 1. The number of benzene rings is 1. The van der Waals surface area contributed by atoms with E-state index < -0.39 is 11.6 Å². The summed E-state index contributed by atoms with van der Waals surface area (Å²) in [4.78, 5) is 30.8. The van der Waals surface area contributed by atoms with E-state index in [1.54, 1.807) is 6.07 Å². The summed E-state index contributed by atoms with van der Waals surface area (Å²) in [6, 6.07) is 7.27. The van der Waals surface area contributed by atoms with E-state index in [0.29, 0.717) is 22.7 Å². The number of rotatable bonds is 6. The minimum Gasteiger partial charge on any atom is -0.483 e. The second kappa shape index (κ2) is 12.5. The maximum Gasteiger partial charge on any atom is 0.290 e. The molecule has 0 amide bonds. The van der Waals surface area contributed by atoms with Crippen LogP contribution in [0.25, 0.3) is 22.3 Å². The fourth-order valence-electron chi connectivity index (χ4n) is 5.42. The lowest BCUT2D eigenvalue weighted by atomic mass is 9.98. The lowest BCUT2D eigenvalue weighted by Gasteiger charge is -2.35. The van der Waals surface area contributed by atoms with E-state index >= 15 is 4.39 Å². The zero-order valence-electron chi connectivity index (χ0n) is 25.1. The highest BCUT2D eigenvalue weighted by Gasteiger charge is 2.26. The summed E-state index contributed by atoms with van der Waals surface area (Å²) in [5.74, 6) is 0.307. The molecule has 42 heavy (non-hydrogen) atoms. The van der Waals surface area contributed by atoms with Crippen LogP contribution >= 0.6 is 0 Å². The van der Waals surface area contributed by atoms with Crippen LogP contribution in [-0.4, -0.2) is 79.6 Å². The van der Waals surface area contributed by atoms with Crippen LogP contribution in [0, 0.1) is 18.6 Å². The van der Waals surface area contributed by atoms with E-state index in [0.717, 1.165) is 37.9 Å². The molecule has 0 aliphatic carbocycles. The summed E-state index contributed by atoms with van der Waals surface area (Å²) in [6.07, 6.45) is 1.94. The van der Waals surface area contributed by atoms with Crippen molar-refractivity contribution in [2.24, 2.45) is 0 Å². The van der Waals surface area contributed by atoms with Gasteiger partial charge in [0.2, 0.25) is 5.95 Å². The van der Waals surface area contributed by atoms with Gasteiger partial charge < -0.3 is 19.9 Å². The largest absolute Gasteiger partial charge is 0.483 e. The third kappa shape index (κ3) is 6.55. The maximum absolute atomic E-state index is 15.1. The molecule has 1 aromatic carbocycles. The first-order chi connectivity index (χ1) is 19.8. The molecule has 1 atom stereocenters. The summed E-state index contributed by atoms with van der Waals surface area (Å²) in [7, 11) is 4.17. The van der Waals surface area contributed by atoms with Crippen molar-refractivity contribution in [1.29, 1.82) is 0 Å². The average molecular weight is 581 g/mol. The average Bonchev–Trinajstić information content (AvgIpc) is 3.26. The number of likely N-dealkylation sites (N-methyl/N-ethyl adjacent to an activating group) is 1. The summed E-state index contributed by atoms with van der Waals surface area (Å²) in [6.45, 7) is 12.8. The van der Waals surface area contributed by atoms with Gasteiger partial charge in [-0.3, -0.25) is 9.69 Å². The van der Waals surface area contributed by atoms with Gasteiger partial charge in [-0.05, 0) is 72.5 Å². The predicted molar refractivity (Wildman–Crippen MR) is 159 cm³/mol. The third-order valence-corrected chi connectivity index (χ3v) is 7.29. The number of imidazole rings is 1. The predicted octanol–water partition coefficient (Wildman–Crippen LogP) is 5.16. The highest BCUT2D eigenvalue weighted by atomic mass is 19.1. The number of aromatic nitrogens is 5. The molecule has 4 aromatic rings. The van der Waals surface area contributed by atoms with Crippen molar-refractivity contribution in [3.05, 3.63) is 59.2 Å². The Balaban J connectivity index is 0.00000129. The Morgan fingerprint density at radius 3 is 2.52 bits per heavy atom. The number of anilines is 2. The molecule has 0 unspecified atom stereocenters. The van der Waals surface area contributed by atoms with Crippen LogP contribution in [0.3, 0.4) is 0 Å². The van der Waals surface area contributed by atoms with E-state index in [-0.39, 0.29) is 35.2 Å². The molecule has 5 rings (SSSR count). The molecule has 2 N–H and O–H groups in total. The molecule has 3 aromatic heterocycles. The van der Waals surface area contributed by atoms with Crippen LogP contribution in [0.4, 0.5) is 20.5 Å². The van der Waals surface area contributed by atoms with Crippen molar-refractivity contribution >= 4 is 29.3 Å². The zero-order chi connectivity index (χ0) is 30.8. The first-order valence-corrected chi connectivity index (χ1v) is 13.8. The number of pyridine rings is 1. The molecule has 0 bridgehead atoms. The van der Waals surface area contributed by atoms with Crippen molar-refractivity contribution in [3.8, 4) is 11.3 Å². The lowest BCUT2D eigenvalue weighted by molar-refractivity contribution is -0.122. The first-order valence-electron chi connectivity index (χ1n) is 13.8. The number of nitrogens with zero attached hydrogens (tertiary/aromatic N) is 7. The zero-order valence-corrected chi connectivity index (χ0v) is 25.1. The summed E-state index contributed by atoms with van der Waals surface area (Å²) in [5.41, 5.74) is 3.09. The van der Waals surface area contributed by atoms with Gasteiger partial charge in [0, 0.05) is 48.9 Å². The highest BCUT2D eigenvalue weighted by molar-refractivity contribution is 5.83. The van der Waals surface area contributed by atoms with Crippen LogP contribution in [0.1, 0.15) is 50.8 Å². The highest BCUT2D eigenvalue weighted by Crippen LogP contribution is 2.33. The van der Waals surface area contributed by atoms with Crippen LogP contribution in [-0.2, 0) is 16.8 Å². The molecule has 10 nitrogen and oxygen atoms in total. The van der Waals surface area contributed by atoms with Gasteiger partial charge in [0.1, 0.15) is 22.9 Å². The topological polar surface area (TPSA) is 112 Å². The first kappa shape index (κ1) is 30.9. The molecular weight excluding hydrogens is 542 g/mol. The summed E-state index contributed by atoms with van der Waals surface area (Å²) in [5, 5.41) is 10.0. The summed E-state index contributed by atoms with van der Waals surface area (Å²) >= 11 is 0. The van der Waals surface area contributed by atoms with Crippen LogP contribution in [0.5, 0.6) is 0 Å². The third-order valence-electron chi connectivity index (χ3n) is 7.29. The number of fused-ring (bicyclic) bond motifs is 2. The second-order valence-corrected chi connectivity index (χ2v) is 11.6. The Morgan fingerprint density at radius 1 is 1.14 bits per heavy atom. The lowest BCUT2D eigenvalue weighted by Crippen LogP contribution is -2.38. The molecular formula is C30H38F2N8O2. The minimum absolute atomic E-state index is 0.00993. The number of hydrogen-bond donors (Lipinski definition) is 2. The molecule has 0 fully saturated rings. The SMILES string of the molecule is Cc1nc2c(F)cc(-c3nc(Nc4ccc5c(n4)CCN(CCN(C)C)[C@@H]5C)ncc3F)cc2n1C(C)(C)C.O=CO. The Labute approximate surface area is 244 Å². The maximum atomic E-state index is 15.1. The number of carbonyl (C=O) groups is 1. The number of hydrogen-bond acceptors (Lipinski definition) is 8. The standard InChI is InChI=1S/C29H36F2N8.CH2O2/c1-17-20-8-9-25(34-23(20)10-11-38(17)13-12-37(6)7)35-28-32-16-22(31)26(36-28)19-14-21(30)27-24(15-19)39(18(2)33-27)29(3,4)5;2-1-3/h8-9,14-17H,10-13H2,1-7H3,(H,32,34,35,36);1H,(H,2,3)/t17-;/m1./s1. The minimum atomic E-state index is -0.636. The van der Waals surface area contributed by atoms with Gasteiger partial charge in [-0.2, -0.15) is 0 Å². The number of halogens is 2. The molecule has 0 saturated heterocycles. The van der Waals surface area contributed by atoms with E-state index in [1.165, 1.54) is 11.6 Å². The van der Waals surface area contributed by atoms with Gasteiger partial charge in [0.05, 0.1) is 11.7 Å². The van der Waals surface area contributed by atoms with E-state index in [2.05, 4.69) is 57.2 Å². The summed E-state index contributed by atoms with van der Waals surface area (Å²) < 4.78 is 32.0. The monoisotopic (exact) mass is 580 g/mol. The number of carboxylic acid groups (broad SMARTS) is 1. The van der Waals surface area contributed by atoms with Gasteiger partial charge in [-0.15, -0.1) is 0 Å². The molecule has 1 aliphatic rings. The van der Waals surface area contributed by atoms with Crippen LogP contribution in [0.2, 0.25) is 0 Å². The molecule has 12 heteroatoms. The van der Waals surface area contributed by atoms with Crippen molar-refractivity contribution in [1.82, 2.24) is 34.3 Å². The Kier molecular flexibility index (Phi) is 9.17. The van der Waals surface area contributed by atoms with Crippen LogP contribution in [0.15, 0.2) is 30.5 Å². The second-order valence-electron chi connectivity index (χ2n) is 11.6. The molecule has 4 heterocycles. The Hall–Kier alpha value is -4.03. The Bertz CT molecular complexity index is 1580. The van der Waals surface area contributed by atoms with Crippen molar-refractivity contribution in [2.75, 3.05) is 39.0 Å². The number of nitrogens with one attached hydrogen (secondary N) is 1. The van der Waals surface area contributed by atoms with Gasteiger partial charge in [-0.1, -0.05) is 6.07 Å². The van der Waals surface area contributed by atoms with Gasteiger partial charge in [-0.25, -0.2) is 28.7 Å². The van der Waals surface area contributed by atoms with Crippen LogP contribution < -0.4 is 5.32 Å². The van der Waals surface area contributed by atoms with Gasteiger partial charge in [0.15, 0.2) is 11.6 Å². The fourth-order valence-corrected chi connectivity index (χ4v) is 5.42. The molecule has 0 saturated carbocycles. The molecule has 0 radical (unpaired) electrons. The van der Waals surface area contributed by atoms with E-state index in [4.69, 9.17) is 14.9 Å². The van der Waals surface area contributed by atoms with E-state index in [9.17, 15) is 4.39 Å². The molecule has 0 spiro atoms. The van der Waals surface area contributed by atoms with Crippen molar-refractivity contribution in [3.63, 3.8) is 0 Å². The van der Waals surface area contributed by atoms with Gasteiger partial charge in [0.25, 0.3) is 6.47 Å². The quantitative estimate of drug-likeness (QED) is 0.299. The van der Waals surface area contributed by atoms with E-state index in [1.807, 2.05) is 38.3 Å². The normalized spacial score (nSPS) is 15.3. The molecule has 1 aliphatic heterocycles. The van der Waals surface area contributed by atoms with Gasteiger partial charge >= 0.3 is 0 Å². The Morgan fingerprint density at radius 2 is 1.86 bits per heavy atom. The van der Waals surface area contributed by atoms with Crippen molar-refractivity contribution < 1.29 is 18.7 Å². The molecule has 224 valence electrons. The smallest absolute Gasteiger partial charge is 0.290 e.